The summed E-state index contributed by atoms with van der Waals surface area (Å²) in [6, 6.07) is 0. The molecule has 1 unspecified atom stereocenters. The minimum absolute atomic E-state index is 0.00872. The van der Waals surface area contributed by atoms with E-state index < -0.39 is 0 Å². The van der Waals surface area contributed by atoms with Crippen molar-refractivity contribution in [2.45, 2.75) is 12.5 Å². The number of aromatic nitrogens is 2. The number of carbonyl (C=O) groups is 1. The highest BCUT2D eigenvalue weighted by Gasteiger charge is 2.28. The van der Waals surface area contributed by atoms with Crippen LogP contribution in [0.15, 0.2) is 12.4 Å². The maximum Gasteiger partial charge on any atom is 0.257 e. The van der Waals surface area contributed by atoms with Crippen molar-refractivity contribution in [2.75, 3.05) is 45.8 Å². The molecule has 2 rings (SSSR count). The lowest BCUT2D eigenvalue weighted by Crippen LogP contribution is -2.33. The van der Waals surface area contributed by atoms with Crippen LogP contribution >= 0.6 is 0 Å². The van der Waals surface area contributed by atoms with E-state index >= 15 is 0 Å². The summed E-state index contributed by atoms with van der Waals surface area (Å²) in [4.78, 5) is 23.8. The van der Waals surface area contributed by atoms with Gasteiger partial charge < -0.3 is 19.3 Å². The molecule has 1 atom stereocenters. The van der Waals surface area contributed by atoms with Crippen LogP contribution < -0.4 is 9.64 Å². The summed E-state index contributed by atoms with van der Waals surface area (Å²) in [6.45, 7) is 1.36. The average Bonchev–Trinajstić information content (AvgIpc) is 2.88. The lowest BCUT2D eigenvalue weighted by atomic mass is 10.3. The molecule has 0 spiro atoms. The highest BCUT2D eigenvalue weighted by molar-refractivity contribution is 5.77. The fourth-order valence-electron chi connectivity index (χ4n) is 2.13. The number of likely N-dealkylation sites (tertiary alicyclic amines) is 1. The predicted octanol–water partition coefficient (Wildman–Crippen LogP) is 0.169. The van der Waals surface area contributed by atoms with Crippen molar-refractivity contribution < 1.29 is 14.3 Å². The number of carbonyl (C=O) groups excluding carboxylic acids is 1. The Balaban J connectivity index is 1.97. The van der Waals surface area contributed by atoms with E-state index in [4.69, 9.17) is 9.47 Å². The topological polar surface area (TPSA) is 67.8 Å². The van der Waals surface area contributed by atoms with Crippen LogP contribution in [0, 0.1) is 0 Å². The molecule has 0 saturated carbocycles. The molecule has 0 aliphatic carbocycles. The lowest BCUT2D eigenvalue weighted by molar-refractivity contribution is -0.134. The molecule has 0 N–H and O–H groups in total. The molecule has 110 valence electrons. The molecule has 0 bridgehead atoms. The zero-order valence-corrected chi connectivity index (χ0v) is 12.1. The average molecular weight is 280 g/mol. The quantitative estimate of drug-likeness (QED) is 0.766. The van der Waals surface area contributed by atoms with Gasteiger partial charge in [0, 0.05) is 46.6 Å². The molecule has 7 heteroatoms. The third-order valence-electron chi connectivity index (χ3n) is 3.11. The first-order valence-corrected chi connectivity index (χ1v) is 6.53. The van der Waals surface area contributed by atoms with Crippen LogP contribution in [0.3, 0.4) is 0 Å². The van der Waals surface area contributed by atoms with E-state index in [0.29, 0.717) is 24.8 Å². The summed E-state index contributed by atoms with van der Waals surface area (Å²) in [5.41, 5.74) is 0. The van der Waals surface area contributed by atoms with Gasteiger partial charge in [-0.1, -0.05) is 0 Å². The number of rotatable bonds is 5. The Kier molecular flexibility index (Phi) is 4.73. The van der Waals surface area contributed by atoms with Gasteiger partial charge in [0.25, 0.3) is 5.88 Å². The second-order valence-electron chi connectivity index (χ2n) is 4.88. The van der Waals surface area contributed by atoms with Gasteiger partial charge in [-0.05, 0) is 0 Å². The smallest absolute Gasteiger partial charge is 0.257 e. The van der Waals surface area contributed by atoms with Gasteiger partial charge in [0.15, 0.2) is 5.82 Å². The third kappa shape index (κ3) is 3.36. The van der Waals surface area contributed by atoms with Crippen LogP contribution in [0.25, 0.3) is 0 Å². The van der Waals surface area contributed by atoms with Gasteiger partial charge in [0.1, 0.15) is 12.7 Å². The largest absolute Gasteiger partial charge is 0.470 e. The number of hydrogen-bond donors (Lipinski definition) is 0. The van der Waals surface area contributed by atoms with Crippen LogP contribution in [-0.2, 0) is 9.53 Å². The Morgan fingerprint density at radius 2 is 2.20 bits per heavy atom. The number of amides is 1. The second kappa shape index (κ2) is 6.51. The highest BCUT2D eigenvalue weighted by atomic mass is 16.5. The lowest BCUT2D eigenvalue weighted by Gasteiger charge is -2.19. The normalized spacial score (nSPS) is 18.1. The van der Waals surface area contributed by atoms with Crippen molar-refractivity contribution in [3.63, 3.8) is 0 Å². The Bertz CT molecular complexity index is 467. The summed E-state index contributed by atoms with van der Waals surface area (Å²) in [7, 11) is 5.30. The second-order valence-corrected chi connectivity index (χ2v) is 4.88. The fourth-order valence-corrected chi connectivity index (χ4v) is 2.13. The Morgan fingerprint density at radius 1 is 1.45 bits per heavy atom. The van der Waals surface area contributed by atoms with Gasteiger partial charge in [-0.3, -0.25) is 4.79 Å². The molecule has 1 fully saturated rings. The van der Waals surface area contributed by atoms with Gasteiger partial charge in [-0.2, -0.15) is 0 Å². The van der Waals surface area contributed by atoms with E-state index in [0.717, 1.165) is 6.42 Å². The molecule has 1 saturated heterocycles. The number of anilines is 1. The zero-order chi connectivity index (χ0) is 14.5. The number of hydrogen-bond acceptors (Lipinski definition) is 6. The predicted molar refractivity (Wildman–Crippen MR) is 73.8 cm³/mol. The van der Waals surface area contributed by atoms with Crippen molar-refractivity contribution in [2.24, 2.45) is 0 Å². The van der Waals surface area contributed by atoms with Crippen molar-refractivity contribution in [3.05, 3.63) is 12.4 Å². The molecule has 0 aromatic carbocycles. The monoisotopic (exact) mass is 280 g/mol. The first-order valence-electron chi connectivity index (χ1n) is 6.53. The summed E-state index contributed by atoms with van der Waals surface area (Å²) < 4.78 is 10.7. The summed E-state index contributed by atoms with van der Waals surface area (Å²) in [5.74, 6) is 1.18. The number of methoxy groups -OCH3 is 1. The fraction of sp³-hybridized carbons (Fsp3) is 0.615. The van der Waals surface area contributed by atoms with E-state index in [1.54, 1.807) is 17.3 Å². The minimum Gasteiger partial charge on any atom is -0.470 e. The van der Waals surface area contributed by atoms with Gasteiger partial charge in [-0.25, -0.2) is 9.97 Å². The summed E-state index contributed by atoms with van der Waals surface area (Å²) in [6.07, 6.45) is 3.97. The number of nitrogens with zero attached hydrogens (tertiary/aromatic N) is 4. The van der Waals surface area contributed by atoms with Crippen molar-refractivity contribution in [3.8, 4) is 5.88 Å². The minimum atomic E-state index is -0.0498. The SMILES string of the molecule is COCC(=O)N1CCC(Oc2nccnc2N(C)C)C1. The first kappa shape index (κ1) is 14.5. The standard InChI is InChI=1S/C13H20N4O3/c1-16(2)12-13(15-6-5-14-12)20-10-4-7-17(8-10)11(18)9-19-3/h5-6,10H,4,7-9H2,1-3H3. The van der Waals surface area contributed by atoms with Gasteiger partial charge in [-0.15, -0.1) is 0 Å². The zero-order valence-electron chi connectivity index (χ0n) is 12.1. The van der Waals surface area contributed by atoms with Gasteiger partial charge in [0.2, 0.25) is 5.91 Å². The van der Waals surface area contributed by atoms with Gasteiger partial charge >= 0.3 is 0 Å². The molecule has 20 heavy (non-hydrogen) atoms. The van der Waals surface area contributed by atoms with Crippen LogP contribution in [0.4, 0.5) is 5.82 Å². The molecule has 1 amide bonds. The molecule has 0 radical (unpaired) electrons. The molecular formula is C13H20N4O3. The van der Waals surface area contributed by atoms with E-state index in [9.17, 15) is 4.79 Å². The van der Waals surface area contributed by atoms with E-state index in [-0.39, 0.29) is 18.6 Å². The van der Waals surface area contributed by atoms with Crippen molar-refractivity contribution >= 4 is 11.7 Å². The molecule has 1 aromatic rings. The van der Waals surface area contributed by atoms with E-state index in [1.165, 1.54) is 7.11 Å². The molecule has 1 aromatic heterocycles. The van der Waals surface area contributed by atoms with Crippen molar-refractivity contribution in [1.82, 2.24) is 14.9 Å². The summed E-state index contributed by atoms with van der Waals surface area (Å²) in [5, 5.41) is 0. The highest BCUT2D eigenvalue weighted by Crippen LogP contribution is 2.24. The van der Waals surface area contributed by atoms with E-state index in [1.807, 2.05) is 19.0 Å². The molecule has 1 aliphatic rings. The Labute approximate surface area is 118 Å². The number of ether oxygens (including phenoxy) is 2. The van der Waals surface area contributed by atoms with Crippen LogP contribution in [0.2, 0.25) is 0 Å². The third-order valence-corrected chi connectivity index (χ3v) is 3.11. The Morgan fingerprint density at radius 3 is 2.90 bits per heavy atom. The molecule has 2 heterocycles. The molecule has 7 nitrogen and oxygen atoms in total. The van der Waals surface area contributed by atoms with Crippen molar-refractivity contribution in [1.29, 1.82) is 0 Å². The first-order chi connectivity index (χ1) is 9.61. The van der Waals surface area contributed by atoms with E-state index in [2.05, 4.69) is 9.97 Å². The van der Waals surface area contributed by atoms with Crippen LogP contribution in [0.1, 0.15) is 6.42 Å². The van der Waals surface area contributed by atoms with Gasteiger partial charge in [0.05, 0.1) is 6.54 Å². The maximum absolute atomic E-state index is 11.7. The Hall–Kier alpha value is -1.89. The van der Waals surface area contributed by atoms with Crippen LogP contribution in [0.5, 0.6) is 5.88 Å². The molecular weight excluding hydrogens is 260 g/mol. The maximum atomic E-state index is 11.7. The van der Waals surface area contributed by atoms with Crippen LogP contribution in [-0.4, -0.2) is 67.8 Å². The summed E-state index contributed by atoms with van der Waals surface area (Å²) >= 11 is 0. The molecule has 1 aliphatic heterocycles.